The molecule has 1 aromatic heterocycles. The van der Waals surface area contributed by atoms with E-state index in [1.165, 1.54) is 7.11 Å². The fraction of sp³-hybridized carbons (Fsp3) is 0.455. The van der Waals surface area contributed by atoms with Crippen LogP contribution in [0.15, 0.2) is 12.1 Å². The van der Waals surface area contributed by atoms with Crippen LogP contribution in [0.1, 0.15) is 16.1 Å². The number of aryl methyl sites for hydroxylation is 1. The van der Waals surface area contributed by atoms with Gasteiger partial charge in [-0.1, -0.05) is 0 Å². The summed E-state index contributed by atoms with van der Waals surface area (Å²) in [6.45, 7) is 3.45. The lowest BCUT2D eigenvalue weighted by molar-refractivity contribution is 0.0599. The molecule has 2 heterocycles. The first kappa shape index (κ1) is 10.9. The molecule has 0 aromatic carbocycles. The van der Waals surface area contributed by atoms with Gasteiger partial charge in [-0.15, -0.1) is 0 Å². The monoisotopic (exact) mass is 221 g/mol. The average Bonchev–Trinajstić information content (AvgIpc) is 2.23. The predicted molar refractivity (Wildman–Crippen MR) is 60.5 cm³/mol. The summed E-state index contributed by atoms with van der Waals surface area (Å²) in [5, 5.41) is 0. The second-order valence-corrected chi connectivity index (χ2v) is 3.96. The molecule has 1 aliphatic heterocycles. The van der Waals surface area contributed by atoms with E-state index in [4.69, 9.17) is 5.73 Å². The number of ether oxygens (including phenoxy) is 1. The van der Waals surface area contributed by atoms with Crippen molar-refractivity contribution in [2.24, 2.45) is 5.73 Å². The van der Waals surface area contributed by atoms with Gasteiger partial charge in [-0.25, -0.2) is 9.78 Å². The van der Waals surface area contributed by atoms with E-state index in [1.54, 1.807) is 13.0 Å². The van der Waals surface area contributed by atoms with E-state index in [0.717, 1.165) is 18.9 Å². The van der Waals surface area contributed by atoms with Crippen LogP contribution < -0.4 is 10.6 Å². The van der Waals surface area contributed by atoms with Crippen molar-refractivity contribution in [1.29, 1.82) is 0 Å². The number of hydrogen-bond donors (Lipinski definition) is 1. The largest absolute Gasteiger partial charge is 0.465 e. The van der Waals surface area contributed by atoms with Crippen LogP contribution in [0.4, 0.5) is 5.82 Å². The smallest absolute Gasteiger partial charge is 0.339 e. The number of nitrogens with zero attached hydrogens (tertiary/aromatic N) is 2. The first-order chi connectivity index (χ1) is 7.61. The quantitative estimate of drug-likeness (QED) is 0.728. The van der Waals surface area contributed by atoms with Gasteiger partial charge < -0.3 is 15.4 Å². The highest BCUT2D eigenvalue weighted by atomic mass is 16.5. The molecule has 0 aliphatic carbocycles. The number of hydrogen-bond acceptors (Lipinski definition) is 5. The van der Waals surface area contributed by atoms with E-state index >= 15 is 0 Å². The predicted octanol–water partition coefficient (Wildman–Crippen LogP) is 0.324. The number of pyridine rings is 1. The highest BCUT2D eigenvalue weighted by molar-refractivity contribution is 5.90. The molecular weight excluding hydrogens is 206 g/mol. The average molecular weight is 221 g/mol. The molecule has 5 nitrogen and oxygen atoms in total. The maximum Gasteiger partial charge on any atom is 0.339 e. The van der Waals surface area contributed by atoms with Crippen LogP contribution in [0, 0.1) is 6.92 Å². The second kappa shape index (κ2) is 4.09. The lowest BCUT2D eigenvalue weighted by Crippen LogP contribution is -2.56. The lowest BCUT2D eigenvalue weighted by atomic mass is 10.1. The van der Waals surface area contributed by atoms with Crippen molar-refractivity contribution < 1.29 is 9.53 Å². The Morgan fingerprint density at radius 2 is 2.25 bits per heavy atom. The summed E-state index contributed by atoms with van der Waals surface area (Å²) in [6.07, 6.45) is 0. The highest BCUT2D eigenvalue weighted by Gasteiger charge is 2.24. The number of anilines is 1. The third-order valence-electron chi connectivity index (χ3n) is 2.71. The zero-order valence-corrected chi connectivity index (χ0v) is 9.43. The van der Waals surface area contributed by atoms with Crippen LogP contribution in [-0.2, 0) is 4.74 Å². The summed E-state index contributed by atoms with van der Waals surface area (Å²) < 4.78 is 4.66. The first-order valence-corrected chi connectivity index (χ1v) is 5.18. The Morgan fingerprint density at radius 3 is 2.75 bits per heavy atom. The molecule has 1 saturated heterocycles. The van der Waals surface area contributed by atoms with Crippen LogP contribution >= 0.6 is 0 Å². The van der Waals surface area contributed by atoms with Gasteiger partial charge in [0, 0.05) is 19.1 Å². The minimum Gasteiger partial charge on any atom is -0.465 e. The first-order valence-electron chi connectivity index (χ1n) is 5.18. The zero-order chi connectivity index (χ0) is 11.7. The maximum absolute atomic E-state index is 11.4. The molecule has 86 valence electrons. The van der Waals surface area contributed by atoms with Crippen LogP contribution in [0.25, 0.3) is 0 Å². The summed E-state index contributed by atoms with van der Waals surface area (Å²) in [5.41, 5.74) is 6.90. The Labute approximate surface area is 94.2 Å². The van der Waals surface area contributed by atoms with Gasteiger partial charge >= 0.3 is 5.97 Å². The minimum atomic E-state index is -0.350. The number of carbonyl (C=O) groups excluding carboxylic acids is 1. The summed E-state index contributed by atoms with van der Waals surface area (Å²) in [6, 6.07) is 3.81. The number of aromatic nitrogens is 1. The van der Waals surface area contributed by atoms with Crippen molar-refractivity contribution in [3.8, 4) is 0 Å². The van der Waals surface area contributed by atoms with Gasteiger partial charge in [0.25, 0.3) is 0 Å². The van der Waals surface area contributed by atoms with Crippen molar-refractivity contribution >= 4 is 11.8 Å². The van der Waals surface area contributed by atoms with Gasteiger partial charge in [0.2, 0.25) is 0 Å². The third kappa shape index (κ3) is 1.86. The topological polar surface area (TPSA) is 68.5 Å². The van der Waals surface area contributed by atoms with Crippen molar-refractivity contribution in [1.82, 2.24) is 4.98 Å². The second-order valence-electron chi connectivity index (χ2n) is 3.96. The van der Waals surface area contributed by atoms with Gasteiger partial charge in [0.05, 0.1) is 18.4 Å². The molecule has 0 saturated carbocycles. The zero-order valence-electron chi connectivity index (χ0n) is 9.43. The van der Waals surface area contributed by atoms with E-state index in [2.05, 4.69) is 14.6 Å². The molecule has 0 unspecified atom stereocenters. The number of rotatable bonds is 2. The summed E-state index contributed by atoms with van der Waals surface area (Å²) in [4.78, 5) is 17.8. The van der Waals surface area contributed by atoms with Crippen LogP contribution in [0.5, 0.6) is 0 Å². The number of carbonyl (C=O) groups is 1. The molecule has 5 heteroatoms. The van der Waals surface area contributed by atoms with E-state index in [1.807, 2.05) is 6.07 Å². The summed E-state index contributed by atoms with van der Waals surface area (Å²) in [7, 11) is 1.37. The van der Waals surface area contributed by atoms with Crippen molar-refractivity contribution in [2.75, 3.05) is 25.1 Å². The molecule has 2 rings (SSSR count). The Kier molecular flexibility index (Phi) is 2.78. The molecule has 0 amide bonds. The van der Waals surface area contributed by atoms with E-state index in [0.29, 0.717) is 11.3 Å². The molecule has 1 aliphatic rings. The van der Waals surface area contributed by atoms with Crippen LogP contribution in [0.2, 0.25) is 0 Å². The summed E-state index contributed by atoms with van der Waals surface area (Å²) in [5.74, 6) is 0.517. The standard InChI is InChI=1S/C11H15N3O2/c1-7-9(11(15)16-2)3-4-10(13-7)14-5-8(12)6-14/h3-4,8H,5-6,12H2,1-2H3. The van der Waals surface area contributed by atoms with Crippen LogP contribution in [-0.4, -0.2) is 37.2 Å². The minimum absolute atomic E-state index is 0.238. The molecule has 0 atom stereocenters. The number of methoxy groups -OCH3 is 1. The van der Waals surface area contributed by atoms with Crippen molar-refractivity contribution in [3.05, 3.63) is 23.4 Å². The molecule has 16 heavy (non-hydrogen) atoms. The van der Waals surface area contributed by atoms with E-state index < -0.39 is 0 Å². The van der Waals surface area contributed by atoms with Crippen molar-refractivity contribution in [2.45, 2.75) is 13.0 Å². The number of nitrogens with two attached hydrogens (primary N) is 1. The molecule has 0 spiro atoms. The Balaban J connectivity index is 2.19. The molecule has 0 radical (unpaired) electrons. The molecule has 2 N–H and O–H groups in total. The highest BCUT2D eigenvalue weighted by Crippen LogP contribution is 2.19. The normalized spacial score (nSPS) is 15.8. The van der Waals surface area contributed by atoms with Gasteiger partial charge in [-0.05, 0) is 19.1 Å². The molecule has 1 aromatic rings. The molecule has 0 bridgehead atoms. The fourth-order valence-electron chi connectivity index (χ4n) is 1.75. The Bertz CT molecular complexity index is 414. The maximum atomic E-state index is 11.4. The van der Waals surface area contributed by atoms with E-state index in [9.17, 15) is 4.79 Å². The van der Waals surface area contributed by atoms with Gasteiger partial charge in [-0.2, -0.15) is 0 Å². The number of esters is 1. The Hall–Kier alpha value is -1.62. The van der Waals surface area contributed by atoms with Gasteiger partial charge in [-0.3, -0.25) is 0 Å². The molecule has 1 fully saturated rings. The fourth-order valence-corrected chi connectivity index (χ4v) is 1.75. The summed E-state index contributed by atoms with van der Waals surface area (Å²) >= 11 is 0. The molecular formula is C11H15N3O2. The van der Waals surface area contributed by atoms with Gasteiger partial charge in [0.15, 0.2) is 0 Å². The van der Waals surface area contributed by atoms with E-state index in [-0.39, 0.29) is 12.0 Å². The Morgan fingerprint density at radius 1 is 1.56 bits per heavy atom. The SMILES string of the molecule is COC(=O)c1ccc(N2CC(N)C2)nc1C. The van der Waals surface area contributed by atoms with Gasteiger partial charge in [0.1, 0.15) is 5.82 Å². The van der Waals surface area contributed by atoms with Crippen molar-refractivity contribution in [3.63, 3.8) is 0 Å². The lowest BCUT2D eigenvalue weighted by Gasteiger charge is -2.38. The van der Waals surface area contributed by atoms with Crippen LogP contribution in [0.3, 0.4) is 0 Å². The third-order valence-corrected chi connectivity index (χ3v) is 2.71.